The van der Waals surface area contributed by atoms with E-state index in [2.05, 4.69) is 234 Å². The maximum atomic E-state index is 6.26. The van der Waals surface area contributed by atoms with Crippen molar-refractivity contribution in [2.75, 3.05) is 9.80 Å². The van der Waals surface area contributed by atoms with Crippen LogP contribution < -0.4 is 26.2 Å². The second-order valence-corrected chi connectivity index (χ2v) is 18.8. The Labute approximate surface area is 411 Å². The summed E-state index contributed by atoms with van der Waals surface area (Å²) in [6, 6.07) is 90.2. The summed E-state index contributed by atoms with van der Waals surface area (Å²) < 4.78 is 12.5. The van der Waals surface area contributed by atoms with Crippen LogP contribution in [0, 0.1) is 0 Å². The molecule has 0 amide bonds. The smallest absolute Gasteiger partial charge is 0.252 e. The number of rotatable bonds is 6. The monoisotopic (exact) mass is 904 g/mol. The molecule has 2 aromatic heterocycles. The predicted octanol–water partition coefficient (Wildman–Crippen LogP) is 16.2. The Kier molecular flexibility index (Phi) is 8.72. The van der Waals surface area contributed by atoms with Gasteiger partial charge in [-0.05, 0) is 146 Å². The zero-order valence-corrected chi connectivity index (χ0v) is 38.5. The maximum absolute atomic E-state index is 6.26. The molecule has 11 aromatic carbocycles. The van der Waals surface area contributed by atoms with E-state index in [4.69, 9.17) is 8.83 Å². The first-order chi connectivity index (χ1) is 35.2. The minimum Gasteiger partial charge on any atom is -0.456 e. The Morgan fingerprint density at radius 3 is 1.04 bits per heavy atom. The molecule has 330 valence electrons. The second-order valence-electron chi connectivity index (χ2n) is 18.8. The molecule has 71 heavy (non-hydrogen) atoms. The fraction of sp³-hybridized carbons (Fsp3) is 0. The van der Waals surface area contributed by atoms with Crippen LogP contribution in [0.15, 0.2) is 258 Å². The van der Waals surface area contributed by atoms with E-state index in [-0.39, 0.29) is 6.71 Å². The van der Waals surface area contributed by atoms with Gasteiger partial charge in [0, 0.05) is 55.7 Å². The quantitative estimate of drug-likeness (QED) is 0.156. The van der Waals surface area contributed by atoms with Gasteiger partial charge in [0.1, 0.15) is 22.3 Å². The van der Waals surface area contributed by atoms with Crippen molar-refractivity contribution in [1.29, 1.82) is 0 Å². The highest BCUT2D eigenvalue weighted by Crippen LogP contribution is 2.46. The minimum absolute atomic E-state index is 0.000286. The Balaban J connectivity index is 0.837. The third-order valence-electron chi connectivity index (χ3n) is 14.9. The molecule has 0 saturated carbocycles. The first-order valence-electron chi connectivity index (χ1n) is 24.3. The lowest BCUT2D eigenvalue weighted by atomic mass is 9.33. The molecule has 0 N–H and O–H groups in total. The van der Waals surface area contributed by atoms with Gasteiger partial charge in [-0.3, -0.25) is 0 Å². The van der Waals surface area contributed by atoms with E-state index in [0.29, 0.717) is 0 Å². The van der Waals surface area contributed by atoms with Gasteiger partial charge in [-0.1, -0.05) is 164 Å². The van der Waals surface area contributed by atoms with Crippen molar-refractivity contribution in [3.8, 4) is 44.5 Å². The van der Waals surface area contributed by atoms with Crippen LogP contribution in [0.5, 0.6) is 0 Å². The Morgan fingerprint density at radius 2 is 0.606 bits per heavy atom. The topological polar surface area (TPSA) is 32.8 Å². The Hall–Kier alpha value is -9.32. The fourth-order valence-electron chi connectivity index (χ4n) is 11.5. The number of benzene rings is 11. The number of furan rings is 2. The molecule has 0 bridgehead atoms. The molecule has 4 nitrogen and oxygen atoms in total. The largest absolute Gasteiger partial charge is 0.456 e. The molecule has 5 heteroatoms. The Morgan fingerprint density at radius 1 is 0.254 bits per heavy atom. The van der Waals surface area contributed by atoms with Gasteiger partial charge in [0.15, 0.2) is 0 Å². The van der Waals surface area contributed by atoms with Gasteiger partial charge in [-0.2, -0.15) is 0 Å². The fourth-order valence-corrected chi connectivity index (χ4v) is 11.5. The first-order valence-corrected chi connectivity index (χ1v) is 24.3. The molecular weight excluding hydrogens is 864 g/mol. The summed E-state index contributed by atoms with van der Waals surface area (Å²) in [6.45, 7) is 0.000286. The van der Waals surface area contributed by atoms with Gasteiger partial charge in [-0.25, -0.2) is 0 Å². The van der Waals surface area contributed by atoms with E-state index < -0.39 is 0 Å². The number of hydrogen-bond acceptors (Lipinski definition) is 4. The molecule has 2 aliphatic heterocycles. The number of nitrogens with zero attached hydrogens (tertiary/aromatic N) is 2. The summed E-state index contributed by atoms with van der Waals surface area (Å²) in [5.74, 6) is 0. The maximum Gasteiger partial charge on any atom is 0.252 e. The molecule has 0 radical (unpaired) electrons. The molecule has 0 atom stereocenters. The normalized spacial score (nSPS) is 12.7. The van der Waals surface area contributed by atoms with Gasteiger partial charge in [0.2, 0.25) is 0 Å². The van der Waals surface area contributed by atoms with Crippen LogP contribution in [0.2, 0.25) is 0 Å². The first kappa shape index (κ1) is 39.7. The van der Waals surface area contributed by atoms with E-state index in [1.807, 2.05) is 24.3 Å². The van der Waals surface area contributed by atoms with Gasteiger partial charge in [-0.15, -0.1) is 0 Å². The van der Waals surface area contributed by atoms with Gasteiger partial charge < -0.3 is 18.6 Å². The minimum atomic E-state index is 0.000286. The highest BCUT2D eigenvalue weighted by Gasteiger charge is 2.43. The van der Waals surface area contributed by atoms with E-state index in [0.717, 1.165) is 77.5 Å². The molecule has 13 aromatic rings. The van der Waals surface area contributed by atoms with Crippen LogP contribution in [0.25, 0.3) is 88.4 Å². The average Bonchev–Trinajstić information content (AvgIpc) is 4.01. The summed E-state index contributed by atoms with van der Waals surface area (Å²) >= 11 is 0. The number of anilines is 6. The lowest BCUT2D eigenvalue weighted by Crippen LogP contribution is -2.61. The highest BCUT2D eigenvalue weighted by atomic mass is 16.3. The average molecular weight is 905 g/mol. The van der Waals surface area contributed by atoms with Crippen LogP contribution in [0.4, 0.5) is 34.1 Å². The number of fused-ring (bicyclic) bond motifs is 10. The molecular formula is C66H41BN2O2. The zero-order valence-electron chi connectivity index (χ0n) is 38.5. The Bertz CT molecular complexity index is 3960. The third-order valence-corrected chi connectivity index (χ3v) is 14.9. The second kappa shape index (κ2) is 15.6. The van der Waals surface area contributed by atoms with Crippen LogP contribution in [0.3, 0.4) is 0 Å². The summed E-state index contributed by atoms with van der Waals surface area (Å²) in [5, 5.41) is 4.57. The molecule has 0 saturated heterocycles. The van der Waals surface area contributed by atoms with Crippen molar-refractivity contribution in [1.82, 2.24) is 0 Å². The molecule has 4 heterocycles. The van der Waals surface area contributed by atoms with Crippen LogP contribution >= 0.6 is 0 Å². The van der Waals surface area contributed by atoms with Crippen molar-refractivity contribution in [2.24, 2.45) is 0 Å². The van der Waals surface area contributed by atoms with Crippen molar-refractivity contribution >= 4 is 101 Å². The lowest BCUT2D eigenvalue weighted by molar-refractivity contribution is 0.668. The van der Waals surface area contributed by atoms with Crippen LogP contribution in [-0.2, 0) is 0 Å². The van der Waals surface area contributed by atoms with Crippen LogP contribution in [0.1, 0.15) is 0 Å². The van der Waals surface area contributed by atoms with Crippen molar-refractivity contribution in [2.45, 2.75) is 0 Å². The lowest BCUT2D eigenvalue weighted by Gasteiger charge is -2.44. The summed E-state index contributed by atoms with van der Waals surface area (Å²) in [6.07, 6.45) is 0. The summed E-state index contributed by atoms with van der Waals surface area (Å²) in [7, 11) is 0. The van der Waals surface area contributed by atoms with E-state index in [9.17, 15) is 0 Å². The molecule has 0 fully saturated rings. The standard InChI is InChI=1S/C66H41BN2O2/c1-3-12-50(13-4-1)68-58-18-11-19-59-66(58)67(56-36-32-46(38-60(56)68)42-22-26-44(27-23-42)48-30-34-54-52-16-7-9-20-62(52)70-64(54)40-48)57-37-33-47(39-61(57)69(59)51-14-5-2-6-15-51)43-24-28-45(29-25-43)49-31-35-55-53-17-8-10-21-63(53)71-65(55)41-49/h1-41H. The van der Waals surface area contributed by atoms with Crippen molar-refractivity contribution < 1.29 is 8.83 Å². The van der Waals surface area contributed by atoms with Crippen LogP contribution in [-0.4, -0.2) is 6.71 Å². The highest BCUT2D eigenvalue weighted by molar-refractivity contribution is 7.00. The number of para-hydroxylation sites is 4. The zero-order chi connectivity index (χ0) is 46.6. The summed E-state index contributed by atoms with van der Waals surface area (Å²) in [4.78, 5) is 4.95. The summed E-state index contributed by atoms with van der Waals surface area (Å²) in [5.41, 5.74) is 23.7. The third kappa shape index (κ3) is 6.26. The van der Waals surface area contributed by atoms with E-state index in [1.165, 1.54) is 61.4 Å². The van der Waals surface area contributed by atoms with Crippen molar-refractivity contribution in [3.63, 3.8) is 0 Å². The number of hydrogen-bond donors (Lipinski definition) is 0. The molecule has 0 spiro atoms. The van der Waals surface area contributed by atoms with E-state index >= 15 is 0 Å². The van der Waals surface area contributed by atoms with Gasteiger partial charge >= 0.3 is 0 Å². The van der Waals surface area contributed by atoms with Gasteiger partial charge in [0.25, 0.3) is 6.71 Å². The van der Waals surface area contributed by atoms with E-state index in [1.54, 1.807) is 0 Å². The SMILES string of the molecule is c1ccc(N2c3cc(-c4ccc(-c5ccc6c(c5)oc5ccccc56)cc4)ccc3B3c4ccc(-c5ccc(-c6ccc7c(c6)oc6ccccc67)cc5)cc4N(c4ccccc4)c4cccc2c43)cc1. The molecule has 0 aliphatic carbocycles. The molecule has 0 unspecified atom stereocenters. The molecule has 15 rings (SSSR count). The predicted molar refractivity (Wildman–Crippen MR) is 297 cm³/mol. The van der Waals surface area contributed by atoms with Gasteiger partial charge in [0.05, 0.1) is 0 Å². The molecule has 2 aliphatic rings. The van der Waals surface area contributed by atoms with Crippen molar-refractivity contribution in [3.05, 3.63) is 249 Å².